The fourth-order valence-electron chi connectivity index (χ4n) is 3.35. The van der Waals surface area contributed by atoms with Crippen LogP contribution in [0.25, 0.3) is 0 Å². The van der Waals surface area contributed by atoms with Crippen LogP contribution in [-0.2, 0) is 4.74 Å². The lowest BCUT2D eigenvalue weighted by atomic mass is 9.79. The maximum atomic E-state index is 9.75. The van der Waals surface area contributed by atoms with Crippen LogP contribution in [-0.4, -0.2) is 48.7 Å². The van der Waals surface area contributed by atoms with Crippen molar-refractivity contribution in [2.45, 2.75) is 38.6 Å². The highest BCUT2D eigenvalue weighted by Crippen LogP contribution is 2.44. The first-order chi connectivity index (χ1) is 10.4. The second kappa shape index (κ2) is 6.86. The molecule has 1 unspecified atom stereocenters. The molecule has 1 aromatic rings. The Morgan fingerprint density at radius 1 is 1.32 bits per heavy atom. The maximum absolute atomic E-state index is 9.75. The number of ether oxygens (including phenoxy) is 1. The minimum absolute atomic E-state index is 0.0439. The Bertz CT molecular complexity index is 517. The van der Waals surface area contributed by atoms with Crippen LogP contribution in [0.4, 0.5) is 11.4 Å². The second-order valence-electron chi connectivity index (χ2n) is 6.65. The number of aliphatic hydroxyl groups excluding tert-OH is 2. The predicted octanol–water partition coefficient (Wildman–Crippen LogP) is 1.65. The van der Waals surface area contributed by atoms with Crippen LogP contribution in [0, 0.1) is 6.92 Å². The van der Waals surface area contributed by atoms with E-state index in [0.29, 0.717) is 13.2 Å². The molecule has 4 N–H and O–H groups in total. The Morgan fingerprint density at radius 2 is 2.05 bits per heavy atom. The number of rotatable bonds is 6. The van der Waals surface area contributed by atoms with Gasteiger partial charge in [0.1, 0.15) is 0 Å². The molecule has 0 saturated heterocycles. The molecule has 0 saturated carbocycles. The van der Waals surface area contributed by atoms with Gasteiger partial charge in [-0.3, -0.25) is 0 Å². The van der Waals surface area contributed by atoms with Gasteiger partial charge in [0.05, 0.1) is 26.4 Å². The summed E-state index contributed by atoms with van der Waals surface area (Å²) in [6.45, 7) is 8.24. The van der Waals surface area contributed by atoms with E-state index in [2.05, 4.69) is 24.8 Å². The molecule has 0 radical (unpaired) electrons. The second-order valence-corrected chi connectivity index (χ2v) is 6.65. The Hall–Kier alpha value is -1.30. The van der Waals surface area contributed by atoms with Crippen LogP contribution in [0.5, 0.6) is 0 Å². The maximum Gasteiger partial charge on any atom is 0.0698 e. The van der Waals surface area contributed by atoms with Crippen LogP contribution in [0.2, 0.25) is 0 Å². The number of aliphatic hydroxyl groups is 2. The molecule has 5 nitrogen and oxygen atoms in total. The van der Waals surface area contributed by atoms with Gasteiger partial charge in [-0.25, -0.2) is 0 Å². The molecule has 1 aliphatic heterocycles. The Morgan fingerprint density at radius 3 is 2.68 bits per heavy atom. The van der Waals surface area contributed by atoms with Crippen LogP contribution in [0.3, 0.4) is 0 Å². The number of hydrogen-bond acceptors (Lipinski definition) is 5. The lowest BCUT2D eigenvalue weighted by molar-refractivity contribution is 0.0935. The molecule has 1 heterocycles. The topological polar surface area (TPSA) is 79.0 Å². The number of anilines is 2. The van der Waals surface area contributed by atoms with E-state index in [1.807, 2.05) is 13.0 Å². The summed E-state index contributed by atoms with van der Waals surface area (Å²) in [5.74, 6) is 0.113. The minimum Gasteiger partial charge on any atom is -0.399 e. The van der Waals surface area contributed by atoms with Crippen molar-refractivity contribution in [3.05, 3.63) is 23.3 Å². The van der Waals surface area contributed by atoms with Crippen molar-refractivity contribution in [1.29, 1.82) is 0 Å². The normalized spacial score (nSPS) is 20.0. The van der Waals surface area contributed by atoms with Gasteiger partial charge in [-0.2, -0.15) is 0 Å². The van der Waals surface area contributed by atoms with Crippen molar-refractivity contribution in [2.24, 2.45) is 0 Å². The van der Waals surface area contributed by atoms with E-state index in [4.69, 9.17) is 15.6 Å². The molecule has 1 aromatic carbocycles. The molecule has 1 aliphatic rings. The zero-order valence-corrected chi connectivity index (χ0v) is 13.8. The minimum atomic E-state index is -0.0640. The molecule has 22 heavy (non-hydrogen) atoms. The average Bonchev–Trinajstić information content (AvgIpc) is 2.46. The van der Waals surface area contributed by atoms with Gasteiger partial charge in [0.25, 0.3) is 0 Å². The molecule has 1 atom stereocenters. The van der Waals surface area contributed by atoms with Crippen molar-refractivity contribution in [3.63, 3.8) is 0 Å². The summed E-state index contributed by atoms with van der Waals surface area (Å²) in [5.41, 5.74) is 10.1. The molecular formula is C17H28N2O3. The number of nitrogen functional groups attached to an aromatic ring is 1. The van der Waals surface area contributed by atoms with Crippen LogP contribution < -0.4 is 10.6 Å². The molecule has 0 aromatic heterocycles. The largest absolute Gasteiger partial charge is 0.399 e. The van der Waals surface area contributed by atoms with E-state index in [1.165, 1.54) is 0 Å². The van der Waals surface area contributed by atoms with Crippen molar-refractivity contribution >= 4 is 11.4 Å². The molecule has 0 aliphatic carbocycles. The van der Waals surface area contributed by atoms with E-state index in [0.717, 1.165) is 35.5 Å². The number of aryl methyl sites for hydroxylation is 1. The summed E-state index contributed by atoms with van der Waals surface area (Å²) < 4.78 is 5.44. The van der Waals surface area contributed by atoms with E-state index >= 15 is 0 Å². The van der Waals surface area contributed by atoms with E-state index in [1.54, 1.807) is 0 Å². The number of fused-ring (bicyclic) bond motifs is 1. The molecular weight excluding hydrogens is 280 g/mol. The SMILES string of the molecule is Cc1cc2c(cc1N)C(CO)CC(C)(C)N2CCOCCO. The van der Waals surface area contributed by atoms with E-state index < -0.39 is 0 Å². The smallest absolute Gasteiger partial charge is 0.0698 e. The van der Waals surface area contributed by atoms with Gasteiger partial charge in [0.2, 0.25) is 0 Å². The molecule has 0 amide bonds. The summed E-state index contributed by atoms with van der Waals surface area (Å²) in [6, 6.07) is 4.11. The fourth-order valence-corrected chi connectivity index (χ4v) is 3.35. The van der Waals surface area contributed by atoms with Crippen LogP contribution in [0.1, 0.15) is 37.3 Å². The van der Waals surface area contributed by atoms with Gasteiger partial charge in [-0.05, 0) is 50.5 Å². The monoisotopic (exact) mass is 308 g/mol. The van der Waals surface area contributed by atoms with Gasteiger partial charge in [-0.15, -0.1) is 0 Å². The quantitative estimate of drug-likeness (QED) is 0.550. The van der Waals surface area contributed by atoms with Crippen molar-refractivity contribution in [3.8, 4) is 0 Å². The number of nitrogens with two attached hydrogens (primary N) is 1. The van der Waals surface area contributed by atoms with Gasteiger partial charge in [-0.1, -0.05) is 0 Å². The highest BCUT2D eigenvalue weighted by molar-refractivity contribution is 5.67. The molecule has 2 rings (SSSR count). The first-order valence-corrected chi connectivity index (χ1v) is 7.88. The zero-order valence-electron chi connectivity index (χ0n) is 13.8. The highest BCUT2D eigenvalue weighted by atomic mass is 16.5. The summed E-state index contributed by atoms with van der Waals surface area (Å²) in [6.07, 6.45) is 0.874. The van der Waals surface area contributed by atoms with Crippen LogP contribution in [0.15, 0.2) is 12.1 Å². The Labute approximate surface area is 132 Å². The molecule has 0 bridgehead atoms. The summed E-state index contributed by atoms with van der Waals surface area (Å²) in [5, 5.41) is 18.6. The third-order valence-electron chi connectivity index (χ3n) is 4.54. The third-order valence-corrected chi connectivity index (χ3v) is 4.54. The number of nitrogens with zero attached hydrogens (tertiary/aromatic N) is 1. The lowest BCUT2D eigenvalue weighted by Gasteiger charge is -2.48. The predicted molar refractivity (Wildman–Crippen MR) is 89.4 cm³/mol. The Balaban J connectivity index is 2.33. The van der Waals surface area contributed by atoms with E-state index in [-0.39, 0.29) is 24.7 Å². The molecule has 0 fully saturated rings. The molecule has 124 valence electrons. The van der Waals surface area contributed by atoms with Crippen LogP contribution >= 0.6 is 0 Å². The summed E-state index contributed by atoms with van der Waals surface area (Å²) >= 11 is 0. The molecule has 5 heteroatoms. The third kappa shape index (κ3) is 3.37. The first-order valence-electron chi connectivity index (χ1n) is 7.88. The van der Waals surface area contributed by atoms with Gasteiger partial charge >= 0.3 is 0 Å². The van der Waals surface area contributed by atoms with Gasteiger partial charge in [0, 0.05) is 29.4 Å². The van der Waals surface area contributed by atoms with Crippen molar-refractivity contribution in [1.82, 2.24) is 0 Å². The number of hydrogen-bond donors (Lipinski definition) is 3. The summed E-state index contributed by atoms with van der Waals surface area (Å²) in [7, 11) is 0. The van der Waals surface area contributed by atoms with Gasteiger partial charge in [0.15, 0.2) is 0 Å². The van der Waals surface area contributed by atoms with Crippen molar-refractivity contribution < 1.29 is 14.9 Å². The standard InChI is InChI=1S/C17H28N2O3/c1-12-8-16-14(9-15(12)18)13(11-21)10-17(2,3)19(16)4-6-22-7-5-20/h8-9,13,20-21H,4-7,10-11,18H2,1-3H3. The lowest BCUT2D eigenvalue weighted by Crippen LogP contribution is -2.50. The first kappa shape index (κ1) is 17.1. The van der Waals surface area contributed by atoms with Gasteiger partial charge < -0.3 is 25.6 Å². The fraction of sp³-hybridized carbons (Fsp3) is 0.647. The molecule has 0 spiro atoms. The van der Waals surface area contributed by atoms with Crippen molar-refractivity contribution in [2.75, 3.05) is 43.6 Å². The highest BCUT2D eigenvalue weighted by Gasteiger charge is 2.37. The van der Waals surface area contributed by atoms with E-state index in [9.17, 15) is 5.11 Å². The Kier molecular flexibility index (Phi) is 5.32. The number of benzene rings is 1. The zero-order chi connectivity index (χ0) is 16.3. The summed E-state index contributed by atoms with van der Waals surface area (Å²) in [4.78, 5) is 2.33. The average molecular weight is 308 g/mol.